The Morgan fingerprint density at radius 3 is 2.67 bits per heavy atom. The molecule has 18 heavy (non-hydrogen) atoms. The van der Waals surface area contributed by atoms with E-state index < -0.39 is 5.97 Å². The Morgan fingerprint density at radius 1 is 1.28 bits per heavy atom. The fourth-order valence-electron chi connectivity index (χ4n) is 2.62. The summed E-state index contributed by atoms with van der Waals surface area (Å²) in [5, 5.41) is 9.52. The maximum absolute atomic E-state index is 11.3. The molecular formula is C15H20O2S. The van der Waals surface area contributed by atoms with Gasteiger partial charge in [0.05, 0.1) is 5.92 Å². The largest absolute Gasteiger partial charge is 0.481 e. The van der Waals surface area contributed by atoms with Gasteiger partial charge < -0.3 is 5.11 Å². The van der Waals surface area contributed by atoms with Crippen molar-refractivity contribution in [2.24, 2.45) is 5.92 Å². The van der Waals surface area contributed by atoms with Crippen LogP contribution in [0, 0.1) is 19.8 Å². The predicted molar refractivity (Wildman–Crippen MR) is 75.2 cm³/mol. The third-order valence-electron chi connectivity index (χ3n) is 3.63. The molecule has 0 radical (unpaired) electrons. The summed E-state index contributed by atoms with van der Waals surface area (Å²) in [4.78, 5) is 12.5. The van der Waals surface area contributed by atoms with Gasteiger partial charge in [0.1, 0.15) is 0 Å². The maximum Gasteiger partial charge on any atom is 0.307 e. The monoisotopic (exact) mass is 264 g/mol. The molecule has 0 spiro atoms. The second-order valence-electron chi connectivity index (χ2n) is 5.15. The molecular weight excluding hydrogens is 244 g/mol. The number of carboxylic acid groups (broad SMARTS) is 1. The van der Waals surface area contributed by atoms with E-state index in [1.54, 1.807) is 11.8 Å². The number of benzene rings is 1. The first kappa shape index (κ1) is 13.5. The molecule has 0 heterocycles. The van der Waals surface area contributed by atoms with Crippen molar-refractivity contribution in [2.75, 3.05) is 0 Å². The van der Waals surface area contributed by atoms with E-state index in [-0.39, 0.29) is 11.2 Å². The molecule has 3 heteroatoms. The van der Waals surface area contributed by atoms with Crippen molar-refractivity contribution < 1.29 is 9.90 Å². The third kappa shape index (κ3) is 3.08. The summed E-state index contributed by atoms with van der Waals surface area (Å²) in [5.41, 5.74) is 2.52. The highest BCUT2D eigenvalue weighted by Gasteiger charge is 2.31. The average molecular weight is 264 g/mol. The molecule has 2 atom stereocenters. The average Bonchev–Trinajstić information content (AvgIpc) is 2.33. The van der Waals surface area contributed by atoms with E-state index in [0.717, 1.165) is 25.7 Å². The Hall–Kier alpha value is -0.960. The molecule has 1 N–H and O–H groups in total. The molecule has 1 saturated carbocycles. The Labute approximate surface area is 113 Å². The van der Waals surface area contributed by atoms with Crippen molar-refractivity contribution in [1.29, 1.82) is 0 Å². The van der Waals surface area contributed by atoms with E-state index in [4.69, 9.17) is 0 Å². The molecule has 1 aromatic rings. The normalized spacial score (nSPS) is 23.9. The first-order valence-corrected chi connectivity index (χ1v) is 7.42. The highest BCUT2D eigenvalue weighted by molar-refractivity contribution is 8.00. The molecule has 98 valence electrons. The molecule has 0 bridgehead atoms. The van der Waals surface area contributed by atoms with Gasteiger partial charge in [-0.25, -0.2) is 0 Å². The van der Waals surface area contributed by atoms with Crippen molar-refractivity contribution in [3.8, 4) is 0 Å². The topological polar surface area (TPSA) is 37.3 Å². The van der Waals surface area contributed by atoms with Crippen molar-refractivity contribution in [2.45, 2.75) is 49.7 Å². The summed E-state index contributed by atoms with van der Waals surface area (Å²) >= 11 is 1.76. The zero-order valence-corrected chi connectivity index (χ0v) is 11.8. The minimum atomic E-state index is -0.628. The second kappa shape index (κ2) is 5.79. The SMILES string of the molecule is Cc1ccc(SC2CCCCC2C(=O)O)c(C)c1. The van der Waals surface area contributed by atoms with E-state index in [2.05, 4.69) is 32.0 Å². The van der Waals surface area contributed by atoms with Crippen LogP contribution in [0.4, 0.5) is 0 Å². The van der Waals surface area contributed by atoms with Gasteiger partial charge in [-0.3, -0.25) is 4.79 Å². The zero-order valence-electron chi connectivity index (χ0n) is 11.0. The van der Waals surface area contributed by atoms with Gasteiger partial charge >= 0.3 is 5.97 Å². The molecule has 0 amide bonds. The van der Waals surface area contributed by atoms with Gasteiger partial charge in [0.2, 0.25) is 0 Å². The molecule has 2 nitrogen and oxygen atoms in total. The van der Waals surface area contributed by atoms with Gasteiger partial charge in [-0.1, -0.05) is 30.5 Å². The molecule has 0 aromatic heterocycles. The summed E-state index contributed by atoms with van der Waals surface area (Å²) in [6.45, 7) is 4.19. The van der Waals surface area contributed by atoms with Crippen LogP contribution in [0.3, 0.4) is 0 Å². The fourth-order valence-corrected chi connectivity index (χ4v) is 4.03. The summed E-state index contributed by atoms with van der Waals surface area (Å²) in [6.07, 6.45) is 4.07. The number of hydrogen-bond donors (Lipinski definition) is 1. The van der Waals surface area contributed by atoms with Gasteiger partial charge in [-0.15, -0.1) is 11.8 Å². The van der Waals surface area contributed by atoms with Crippen LogP contribution in [-0.4, -0.2) is 16.3 Å². The van der Waals surface area contributed by atoms with Gasteiger partial charge in [-0.05, 0) is 38.3 Å². The highest BCUT2D eigenvalue weighted by atomic mass is 32.2. The minimum absolute atomic E-state index is 0.176. The van der Waals surface area contributed by atoms with Crippen LogP contribution in [0.1, 0.15) is 36.8 Å². The number of rotatable bonds is 3. The first-order chi connectivity index (χ1) is 8.58. The van der Waals surface area contributed by atoms with E-state index in [0.29, 0.717) is 0 Å². The lowest BCUT2D eigenvalue weighted by Crippen LogP contribution is -2.29. The molecule has 1 fully saturated rings. The van der Waals surface area contributed by atoms with Crippen molar-refractivity contribution in [3.63, 3.8) is 0 Å². The number of carboxylic acids is 1. The number of carbonyl (C=O) groups is 1. The van der Waals surface area contributed by atoms with Crippen LogP contribution in [-0.2, 0) is 4.79 Å². The van der Waals surface area contributed by atoms with Crippen LogP contribution >= 0.6 is 11.8 Å². The molecule has 2 unspecified atom stereocenters. The summed E-state index contributed by atoms with van der Waals surface area (Å²) in [6, 6.07) is 6.40. The molecule has 0 aliphatic heterocycles. The van der Waals surface area contributed by atoms with Gasteiger partial charge in [0.25, 0.3) is 0 Å². The van der Waals surface area contributed by atoms with Crippen LogP contribution < -0.4 is 0 Å². The lowest BCUT2D eigenvalue weighted by atomic mass is 9.89. The zero-order chi connectivity index (χ0) is 13.1. The Balaban J connectivity index is 2.13. The quantitative estimate of drug-likeness (QED) is 0.895. The maximum atomic E-state index is 11.3. The predicted octanol–water partition coefficient (Wildman–Crippen LogP) is 4.04. The Kier molecular flexibility index (Phi) is 4.33. The summed E-state index contributed by atoms with van der Waals surface area (Å²) in [5.74, 6) is -0.804. The van der Waals surface area contributed by atoms with Crippen molar-refractivity contribution >= 4 is 17.7 Å². The number of aliphatic carboxylic acids is 1. The lowest BCUT2D eigenvalue weighted by Gasteiger charge is -2.28. The second-order valence-corrected chi connectivity index (χ2v) is 6.44. The number of hydrogen-bond acceptors (Lipinski definition) is 2. The molecule has 1 aromatic carbocycles. The molecule has 1 aliphatic rings. The number of aryl methyl sites for hydroxylation is 2. The first-order valence-electron chi connectivity index (χ1n) is 6.54. The van der Waals surface area contributed by atoms with Crippen molar-refractivity contribution in [1.82, 2.24) is 0 Å². The minimum Gasteiger partial charge on any atom is -0.481 e. The molecule has 1 aliphatic carbocycles. The van der Waals surface area contributed by atoms with E-state index in [9.17, 15) is 9.90 Å². The standard InChI is InChI=1S/C15H20O2S/c1-10-7-8-13(11(2)9-10)18-14-6-4-3-5-12(14)15(16)17/h7-9,12,14H,3-6H2,1-2H3,(H,16,17). The molecule has 0 saturated heterocycles. The van der Waals surface area contributed by atoms with Crippen LogP contribution in [0.2, 0.25) is 0 Å². The number of thioether (sulfide) groups is 1. The van der Waals surface area contributed by atoms with E-state index in [1.807, 2.05) is 0 Å². The van der Waals surface area contributed by atoms with Crippen LogP contribution in [0.5, 0.6) is 0 Å². The highest BCUT2D eigenvalue weighted by Crippen LogP contribution is 2.38. The summed E-state index contributed by atoms with van der Waals surface area (Å²) in [7, 11) is 0. The van der Waals surface area contributed by atoms with Crippen LogP contribution in [0.25, 0.3) is 0 Å². The smallest absolute Gasteiger partial charge is 0.307 e. The van der Waals surface area contributed by atoms with Gasteiger partial charge in [0.15, 0.2) is 0 Å². The lowest BCUT2D eigenvalue weighted by molar-refractivity contribution is -0.142. The third-order valence-corrected chi connectivity index (χ3v) is 5.21. The van der Waals surface area contributed by atoms with Crippen LogP contribution in [0.15, 0.2) is 23.1 Å². The van der Waals surface area contributed by atoms with E-state index in [1.165, 1.54) is 16.0 Å². The van der Waals surface area contributed by atoms with E-state index >= 15 is 0 Å². The Morgan fingerprint density at radius 2 is 2.00 bits per heavy atom. The van der Waals surface area contributed by atoms with Crippen molar-refractivity contribution in [3.05, 3.63) is 29.3 Å². The van der Waals surface area contributed by atoms with Gasteiger partial charge in [0, 0.05) is 10.1 Å². The fraction of sp³-hybridized carbons (Fsp3) is 0.533. The Bertz CT molecular complexity index is 442. The summed E-state index contributed by atoms with van der Waals surface area (Å²) < 4.78 is 0. The van der Waals surface area contributed by atoms with Gasteiger partial charge in [-0.2, -0.15) is 0 Å². The molecule has 2 rings (SSSR count).